The van der Waals surface area contributed by atoms with Gasteiger partial charge in [0.1, 0.15) is 5.02 Å². The number of rotatable bonds is 6. The van der Waals surface area contributed by atoms with Crippen LogP contribution in [0.4, 0.5) is 22.1 Å². The van der Waals surface area contributed by atoms with Crippen molar-refractivity contribution in [2.24, 2.45) is 0 Å². The fourth-order valence-corrected chi connectivity index (χ4v) is 3.14. The second-order valence-corrected chi connectivity index (χ2v) is 6.88. The number of nitrogens with one attached hydrogen (secondary N) is 2. The number of halogens is 1. The van der Waals surface area contributed by atoms with Crippen molar-refractivity contribution in [3.63, 3.8) is 0 Å². The molecule has 1 fully saturated rings. The Labute approximate surface area is 177 Å². The highest BCUT2D eigenvalue weighted by Gasteiger charge is 2.22. The average molecular weight is 434 g/mol. The molecule has 12 heteroatoms. The van der Waals surface area contributed by atoms with E-state index >= 15 is 0 Å². The molecule has 0 spiro atoms. The van der Waals surface area contributed by atoms with Crippen molar-refractivity contribution in [2.45, 2.75) is 6.42 Å². The van der Waals surface area contributed by atoms with Crippen LogP contribution in [0.3, 0.4) is 0 Å². The lowest BCUT2D eigenvalue weighted by atomic mass is 10.2. The number of hydrogen-bond donors (Lipinski definition) is 2. The Morgan fingerprint density at radius 2 is 1.87 bits per heavy atom. The van der Waals surface area contributed by atoms with Crippen molar-refractivity contribution < 1.29 is 14.5 Å². The third-order valence-electron chi connectivity index (χ3n) is 4.49. The molecule has 3 rings (SSSR count). The summed E-state index contributed by atoms with van der Waals surface area (Å²) in [6, 6.07) is 5.14. The fraction of sp³-hybridized carbons (Fsp3) is 0.333. The molecule has 1 aliphatic heterocycles. The van der Waals surface area contributed by atoms with Gasteiger partial charge in [-0.05, 0) is 18.2 Å². The van der Waals surface area contributed by atoms with Crippen LogP contribution in [-0.4, -0.2) is 64.5 Å². The lowest BCUT2D eigenvalue weighted by Gasteiger charge is -2.34. The van der Waals surface area contributed by atoms with Gasteiger partial charge >= 0.3 is 6.03 Å². The van der Waals surface area contributed by atoms with Crippen LogP contribution in [0.1, 0.15) is 6.42 Å². The molecule has 2 aromatic rings. The van der Waals surface area contributed by atoms with Gasteiger partial charge in [0, 0.05) is 63.3 Å². The third kappa shape index (κ3) is 5.54. The molecule has 2 heterocycles. The molecule has 3 amide bonds. The van der Waals surface area contributed by atoms with Gasteiger partial charge in [0.15, 0.2) is 0 Å². The lowest BCUT2D eigenvalue weighted by molar-refractivity contribution is -0.384. The van der Waals surface area contributed by atoms with Crippen molar-refractivity contribution in [2.75, 3.05) is 42.9 Å². The van der Waals surface area contributed by atoms with Crippen molar-refractivity contribution in [1.29, 1.82) is 0 Å². The second-order valence-electron chi connectivity index (χ2n) is 6.47. The van der Waals surface area contributed by atoms with Crippen LogP contribution in [0.15, 0.2) is 36.7 Å². The maximum absolute atomic E-state index is 12.4. The molecule has 1 aromatic carbocycles. The van der Waals surface area contributed by atoms with Crippen LogP contribution in [0.25, 0.3) is 0 Å². The number of amides is 3. The number of nitrogens with zero attached hydrogens (tertiary/aromatic N) is 5. The number of carbonyl (C=O) groups excluding carboxylic acids is 2. The van der Waals surface area contributed by atoms with E-state index in [4.69, 9.17) is 11.6 Å². The number of benzene rings is 1. The molecule has 0 atom stereocenters. The molecule has 2 N–H and O–H groups in total. The van der Waals surface area contributed by atoms with Gasteiger partial charge < -0.3 is 20.4 Å². The van der Waals surface area contributed by atoms with Gasteiger partial charge in [-0.2, -0.15) is 0 Å². The first kappa shape index (κ1) is 21.2. The number of nitro benzene ring substituents is 1. The summed E-state index contributed by atoms with van der Waals surface area (Å²) in [5.74, 6) is 0.580. The number of piperazine rings is 1. The zero-order valence-corrected chi connectivity index (χ0v) is 16.7. The zero-order valence-electron chi connectivity index (χ0n) is 16.0. The third-order valence-corrected chi connectivity index (χ3v) is 4.81. The van der Waals surface area contributed by atoms with E-state index in [1.54, 1.807) is 23.4 Å². The Bertz CT molecular complexity index is 920. The first-order valence-electron chi connectivity index (χ1n) is 9.22. The van der Waals surface area contributed by atoms with Gasteiger partial charge in [0.05, 0.1) is 4.92 Å². The molecular formula is C18H20ClN7O4. The standard InChI is InChI=1S/C18H20ClN7O4/c19-14-3-2-13(12-15(14)26(29)30)23-18(28)22-7-4-16(27)24-8-10-25(11-9-24)17-20-5-1-6-21-17/h1-3,5-6,12H,4,7-11H2,(H2,22,23,28). The van der Waals surface area contributed by atoms with Gasteiger partial charge in [-0.15, -0.1) is 0 Å². The van der Waals surface area contributed by atoms with Gasteiger partial charge in [0.2, 0.25) is 11.9 Å². The van der Waals surface area contributed by atoms with E-state index in [9.17, 15) is 19.7 Å². The molecule has 0 aliphatic carbocycles. The lowest BCUT2D eigenvalue weighted by Crippen LogP contribution is -2.49. The van der Waals surface area contributed by atoms with E-state index < -0.39 is 11.0 Å². The summed E-state index contributed by atoms with van der Waals surface area (Å²) >= 11 is 5.74. The van der Waals surface area contributed by atoms with Crippen LogP contribution in [0.5, 0.6) is 0 Å². The molecule has 1 aromatic heterocycles. The first-order chi connectivity index (χ1) is 14.4. The summed E-state index contributed by atoms with van der Waals surface area (Å²) in [5, 5.41) is 15.9. The van der Waals surface area contributed by atoms with Crippen LogP contribution in [-0.2, 0) is 4.79 Å². The second kappa shape index (κ2) is 9.83. The van der Waals surface area contributed by atoms with Crippen molar-refractivity contribution in [1.82, 2.24) is 20.2 Å². The Balaban J connectivity index is 1.40. The minimum Gasteiger partial charge on any atom is -0.339 e. The van der Waals surface area contributed by atoms with Crippen LogP contribution in [0.2, 0.25) is 5.02 Å². The monoisotopic (exact) mass is 433 g/mol. The van der Waals surface area contributed by atoms with E-state index in [-0.39, 0.29) is 35.3 Å². The molecule has 0 bridgehead atoms. The molecular weight excluding hydrogens is 414 g/mol. The predicted molar refractivity (Wildman–Crippen MR) is 111 cm³/mol. The summed E-state index contributed by atoms with van der Waals surface area (Å²) in [4.78, 5) is 46.8. The molecule has 11 nitrogen and oxygen atoms in total. The minimum absolute atomic E-state index is 0.0181. The zero-order chi connectivity index (χ0) is 21.5. The van der Waals surface area contributed by atoms with Gasteiger partial charge in [0.25, 0.3) is 5.69 Å². The number of hydrogen-bond acceptors (Lipinski definition) is 7. The van der Waals surface area contributed by atoms with Gasteiger partial charge in [-0.25, -0.2) is 14.8 Å². The molecule has 1 saturated heterocycles. The maximum Gasteiger partial charge on any atom is 0.319 e. The van der Waals surface area contributed by atoms with E-state index in [1.807, 2.05) is 4.90 Å². The minimum atomic E-state index is -0.631. The normalized spacial score (nSPS) is 13.6. The largest absolute Gasteiger partial charge is 0.339 e. The fourth-order valence-electron chi connectivity index (χ4n) is 2.96. The van der Waals surface area contributed by atoms with E-state index in [0.717, 1.165) is 0 Å². The number of aromatic nitrogens is 2. The molecule has 0 unspecified atom stereocenters. The van der Waals surface area contributed by atoms with E-state index in [1.165, 1.54) is 18.2 Å². The SMILES string of the molecule is O=C(NCCC(=O)N1CCN(c2ncccn2)CC1)Nc1ccc(Cl)c([N+](=O)[O-])c1. The highest BCUT2D eigenvalue weighted by atomic mass is 35.5. The van der Waals surface area contributed by atoms with Crippen molar-refractivity contribution in [3.8, 4) is 0 Å². The maximum atomic E-state index is 12.4. The Hall–Kier alpha value is -3.47. The molecule has 0 saturated carbocycles. The van der Waals surface area contributed by atoms with Gasteiger partial charge in [-0.1, -0.05) is 11.6 Å². The Morgan fingerprint density at radius 3 is 2.53 bits per heavy atom. The molecule has 1 aliphatic rings. The number of nitro groups is 1. The Morgan fingerprint density at radius 1 is 1.17 bits per heavy atom. The quantitative estimate of drug-likeness (QED) is 0.524. The highest BCUT2D eigenvalue weighted by Crippen LogP contribution is 2.27. The topological polar surface area (TPSA) is 134 Å². The van der Waals surface area contributed by atoms with Crippen LogP contribution in [0, 0.1) is 10.1 Å². The highest BCUT2D eigenvalue weighted by molar-refractivity contribution is 6.32. The van der Waals surface area contributed by atoms with E-state index in [0.29, 0.717) is 32.1 Å². The summed E-state index contributed by atoms with van der Waals surface area (Å²) in [7, 11) is 0. The Kier molecular flexibility index (Phi) is 6.96. The summed E-state index contributed by atoms with van der Waals surface area (Å²) in [6.45, 7) is 2.52. The van der Waals surface area contributed by atoms with Crippen LogP contribution < -0.4 is 15.5 Å². The first-order valence-corrected chi connectivity index (χ1v) is 9.60. The number of urea groups is 1. The predicted octanol–water partition coefficient (Wildman–Crippen LogP) is 1.90. The van der Waals surface area contributed by atoms with E-state index in [2.05, 4.69) is 20.6 Å². The molecule has 0 radical (unpaired) electrons. The molecule has 30 heavy (non-hydrogen) atoms. The average Bonchev–Trinajstić information content (AvgIpc) is 2.75. The smallest absolute Gasteiger partial charge is 0.319 e. The van der Waals surface area contributed by atoms with Crippen molar-refractivity contribution >= 4 is 40.9 Å². The molecule has 158 valence electrons. The summed E-state index contributed by atoms with van der Waals surface area (Å²) < 4.78 is 0. The number of anilines is 2. The summed E-state index contributed by atoms with van der Waals surface area (Å²) in [5.41, 5.74) is -0.0705. The number of carbonyl (C=O) groups is 2. The van der Waals surface area contributed by atoms with Gasteiger partial charge in [-0.3, -0.25) is 14.9 Å². The summed E-state index contributed by atoms with van der Waals surface area (Å²) in [6.07, 6.45) is 3.51. The van der Waals surface area contributed by atoms with Crippen LogP contribution >= 0.6 is 11.6 Å². The van der Waals surface area contributed by atoms with Crippen molar-refractivity contribution in [3.05, 3.63) is 51.8 Å².